The molecule has 0 bridgehead atoms. The van der Waals surface area contributed by atoms with Gasteiger partial charge in [0, 0.05) is 43.2 Å². The fourth-order valence-electron chi connectivity index (χ4n) is 4.99. The van der Waals surface area contributed by atoms with Crippen LogP contribution in [0.2, 0.25) is 5.02 Å². The Hall–Kier alpha value is -4.59. The summed E-state index contributed by atoms with van der Waals surface area (Å²) in [6.07, 6.45) is 8.22. The molecular formula is C31H28ClFN8O. The molecule has 4 heterocycles. The van der Waals surface area contributed by atoms with Crippen molar-refractivity contribution in [3.8, 4) is 11.8 Å². The molecule has 0 radical (unpaired) electrons. The molecule has 0 spiro atoms. The van der Waals surface area contributed by atoms with E-state index in [1.807, 2.05) is 12.1 Å². The highest BCUT2D eigenvalue weighted by molar-refractivity contribution is 6.35. The van der Waals surface area contributed by atoms with Gasteiger partial charge < -0.3 is 15.4 Å². The Morgan fingerprint density at radius 3 is 2.76 bits per heavy atom. The molecule has 1 aliphatic rings. The zero-order valence-corrected chi connectivity index (χ0v) is 23.6. The fourth-order valence-corrected chi connectivity index (χ4v) is 5.26. The van der Waals surface area contributed by atoms with Gasteiger partial charge in [0.1, 0.15) is 17.6 Å². The molecule has 1 atom stereocenters. The maximum atomic E-state index is 13.9. The van der Waals surface area contributed by atoms with Gasteiger partial charge in [-0.2, -0.15) is 5.26 Å². The summed E-state index contributed by atoms with van der Waals surface area (Å²) in [6.45, 7) is 4.23. The monoisotopic (exact) mass is 583 g/mol. The Balaban J connectivity index is 1.42. The topological polar surface area (TPSA) is 114 Å². The van der Waals surface area contributed by atoms with Gasteiger partial charge >= 0.3 is 0 Å². The van der Waals surface area contributed by atoms with Crippen LogP contribution in [0.5, 0.6) is 0 Å². The molecule has 6 rings (SSSR count). The quantitative estimate of drug-likeness (QED) is 0.219. The lowest BCUT2D eigenvalue weighted by Crippen LogP contribution is -2.33. The first kappa shape index (κ1) is 26.3. The predicted molar refractivity (Wildman–Crippen MR) is 159 cm³/mol. The number of fused-ring (bicyclic) bond motifs is 1. The van der Waals surface area contributed by atoms with Crippen molar-refractivity contribution in [1.82, 2.24) is 25.0 Å². The molecule has 0 saturated carbocycles. The van der Waals surface area contributed by atoms with Crippen molar-refractivity contribution in [2.24, 2.45) is 5.41 Å². The van der Waals surface area contributed by atoms with Gasteiger partial charge in [0.2, 0.25) is 0 Å². The van der Waals surface area contributed by atoms with Crippen LogP contribution in [0.15, 0.2) is 73.3 Å². The molecule has 1 fully saturated rings. The fraction of sp³-hybridized carbons (Fsp3) is 0.258. The summed E-state index contributed by atoms with van der Waals surface area (Å²) in [5.74, 6) is -0.428. The molecule has 2 N–H and O–H groups in total. The number of nitrogens with zero attached hydrogens (tertiary/aromatic N) is 6. The summed E-state index contributed by atoms with van der Waals surface area (Å²) in [4.78, 5) is 8.59. The van der Waals surface area contributed by atoms with Crippen LogP contribution in [0.3, 0.4) is 0 Å². The number of nitrogens with one attached hydrogen (secondary N) is 2. The van der Waals surface area contributed by atoms with E-state index in [0.717, 1.165) is 12.8 Å². The van der Waals surface area contributed by atoms with Crippen molar-refractivity contribution in [2.75, 3.05) is 30.4 Å². The number of benzene rings is 2. The summed E-state index contributed by atoms with van der Waals surface area (Å²) < 4.78 is 30.6. The van der Waals surface area contributed by atoms with E-state index in [4.69, 9.17) is 16.3 Å². The highest BCUT2D eigenvalue weighted by atomic mass is 35.5. The maximum Gasteiger partial charge on any atom is 0.123 e. The number of hydrogen-bond acceptors (Lipinski definition) is 8. The Morgan fingerprint density at radius 2 is 2.02 bits per heavy atom. The number of aromatic nitrogens is 5. The Morgan fingerprint density at radius 1 is 1.21 bits per heavy atom. The first-order chi connectivity index (χ1) is 20.8. The van der Waals surface area contributed by atoms with Gasteiger partial charge in [-0.25, -0.2) is 9.07 Å². The molecule has 9 nitrogen and oxygen atoms in total. The van der Waals surface area contributed by atoms with Crippen LogP contribution in [0.25, 0.3) is 16.6 Å². The van der Waals surface area contributed by atoms with Gasteiger partial charge in [0.25, 0.3) is 0 Å². The average molecular weight is 584 g/mol. The third kappa shape index (κ3) is 5.75. The summed E-state index contributed by atoms with van der Waals surface area (Å²) in [7, 11) is 0. The molecule has 0 amide bonds. The summed E-state index contributed by atoms with van der Waals surface area (Å²) in [5, 5.41) is 26.2. The van der Waals surface area contributed by atoms with Crippen molar-refractivity contribution in [3.63, 3.8) is 0 Å². The molecule has 0 aliphatic carbocycles. The third-order valence-corrected chi connectivity index (χ3v) is 7.79. The number of nitriles is 1. The minimum atomic E-state index is -1.70. The molecule has 5 aromatic rings. The number of pyridine rings is 2. The first-order valence-electron chi connectivity index (χ1n) is 14.0. The highest BCUT2D eigenvalue weighted by Crippen LogP contribution is 2.37. The van der Waals surface area contributed by atoms with Crippen molar-refractivity contribution in [2.45, 2.75) is 25.8 Å². The smallest absolute Gasteiger partial charge is 0.123 e. The number of ether oxygens (including phenoxy) is 1. The van der Waals surface area contributed by atoms with E-state index in [-0.39, 0.29) is 11.1 Å². The Labute approximate surface area is 248 Å². The number of halogens is 2. The summed E-state index contributed by atoms with van der Waals surface area (Å²) in [5.41, 5.74) is 3.35. The standard InChI is InChI=1S/C31H28ClFN8O/c1-31(8-11-42-12-9-31)19-37-28-21(15-34)16-36-30-25(28)13-23(14-26(30)32)38-29(20-4-6-22(33)7-5-20)27-18-41(40-39-27)24-3-2-10-35-17-24/h2-7,10,13-14,16-18,29,38H,8-9,11-12,19H2,1H3,(H,36,37)/t29-/m0/s1/i29D. The van der Waals surface area contributed by atoms with Crippen molar-refractivity contribution in [1.29, 1.82) is 5.26 Å². The van der Waals surface area contributed by atoms with Crippen LogP contribution in [0.4, 0.5) is 15.8 Å². The van der Waals surface area contributed by atoms with E-state index in [1.54, 1.807) is 30.7 Å². The largest absolute Gasteiger partial charge is 0.383 e. The van der Waals surface area contributed by atoms with Crippen LogP contribution >= 0.6 is 11.6 Å². The third-order valence-electron chi connectivity index (χ3n) is 7.50. The summed E-state index contributed by atoms with van der Waals surface area (Å²) in [6, 6.07) is 13.3. The first-order valence-corrected chi connectivity index (χ1v) is 13.9. The van der Waals surface area contributed by atoms with E-state index < -0.39 is 11.8 Å². The highest BCUT2D eigenvalue weighted by Gasteiger charge is 2.28. The van der Waals surface area contributed by atoms with Gasteiger partial charge in [-0.05, 0) is 60.2 Å². The van der Waals surface area contributed by atoms with Crippen LogP contribution in [-0.4, -0.2) is 44.7 Å². The lowest BCUT2D eigenvalue weighted by atomic mass is 9.82. The molecule has 11 heteroatoms. The minimum absolute atomic E-state index is 0.000755. The van der Waals surface area contributed by atoms with Crippen molar-refractivity contribution < 1.29 is 10.5 Å². The van der Waals surface area contributed by atoms with Crippen LogP contribution in [0.1, 0.15) is 44.0 Å². The molecule has 212 valence electrons. The molecule has 2 aromatic carbocycles. The zero-order valence-electron chi connectivity index (χ0n) is 23.8. The second kappa shape index (κ2) is 11.7. The maximum absolute atomic E-state index is 13.9. The molecule has 1 aliphatic heterocycles. The lowest BCUT2D eigenvalue weighted by molar-refractivity contribution is 0.0300. The molecule has 3 aromatic heterocycles. The predicted octanol–water partition coefficient (Wildman–Crippen LogP) is 6.30. The van der Waals surface area contributed by atoms with Gasteiger partial charge in [0.05, 0.1) is 47.3 Å². The van der Waals surface area contributed by atoms with Gasteiger partial charge in [-0.1, -0.05) is 35.9 Å². The van der Waals surface area contributed by atoms with E-state index in [9.17, 15) is 11.0 Å². The van der Waals surface area contributed by atoms with Gasteiger partial charge in [0.15, 0.2) is 0 Å². The zero-order chi connectivity index (χ0) is 30.0. The van der Waals surface area contributed by atoms with E-state index in [2.05, 4.69) is 43.9 Å². The Kier molecular flexibility index (Phi) is 7.34. The SMILES string of the molecule is [2H][C@](Nc1cc(Cl)c2ncc(C#N)c(NCC3(C)CCOCC3)c2c1)(c1ccc(F)cc1)c1cn(-c2cccnc2)nn1. The van der Waals surface area contributed by atoms with Gasteiger partial charge in [-0.15, -0.1) is 5.10 Å². The number of hydrogen-bond donors (Lipinski definition) is 2. The van der Waals surface area contributed by atoms with E-state index >= 15 is 0 Å². The number of anilines is 2. The Bertz CT molecular complexity index is 1810. The molecule has 0 unspecified atom stereocenters. The second-order valence-electron chi connectivity index (χ2n) is 10.6. The van der Waals surface area contributed by atoms with E-state index in [1.165, 1.54) is 35.1 Å². The molecule has 1 saturated heterocycles. The van der Waals surface area contributed by atoms with Crippen LogP contribution < -0.4 is 10.6 Å². The minimum Gasteiger partial charge on any atom is -0.383 e. The van der Waals surface area contributed by atoms with Crippen molar-refractivity contribution >= 4 is 33.9 Å². The normalized spacial score (nSPS) is 16.3. The van der Waals surface area contributed by atoms with Gasteiger partial charge in [-0.3, -0.25) is 9.97 Å². The van der Waals surface area contributed by atoms with Crippen LogP contribution in [0, 0.1) is 22.6 Å². The lowest BCUT2D eigenvalue weighted by Gasteiger charge is -2.34. The summed E-state index contributed by atoms with van der Waals surface area (Å²) >= 11 is 6.75. The average Bonchev–Trinajstić information content (AvgIpc) is 3.52. The number of rotatable bonds is 8. The molecule has 42 heavy (non-hydrogen) atoms. The second-order valence-corrected chi connectivity index (χ2v) is 11.0. The van der Waals surface area contributed by atoms with E-state index in [0.29, 0.717) is 63.9 Å². The van der Waals surface area contributed by atoms with Crippen LogP contribution in [-0.2, 0) is 4.74 Å². The molecular weight excluding hydrogens is 555 g/mol. The van der Waals surface area contributed by atoms with Crippen molar-refractivity contribution in [3.05, 3.63) is 101 Å².